The molecule has 326 valence electrons. The van der Waals surface area contributed by atoms with Crippen LogP contribution in [-0.2, 0) is 0 Å². The van der Waals surface area contributed by atoms with Crippen LogP contribution in [0.3, 0.4) is 0 Å². The van der Waals surface area contributed by atoms with E-state index in [1.807, 2.05) is 18.2 Å². The Balaban J connectivity index is 1.02. The van der Waals surface area contributed by atoms with Crippen LogP contribution in [0.15, 0.2) is 188 Å². The molecule has 0 aliphatic carbocycles. The summed E-state index contributed by atoms with van der Waals surface area (Å²) >= 11 is 0. The fourth-order valence-electron chi connectivity index (χ4n) is 11.0. The van der Waals surface area contributed by atoms with E-state index in [4.69, 9.17) is 15.0 Å². The first-order valence-electron chi connectivity index (χ1n) is 23.4. The molecule has 0 aliphatic rings. The first-order chi connectivity index (χ1) is 33.2. The SMILES string of the molecule is Cc1cc(C)c(-c2ccc3c4ccccc4n(-c4cccc(-c5nc(-c6ccccc6)nc(-c6cccc(-n7c8ccccc8c8ccc(-c9c(C)cc(C)cc9C)cc87)c6)n5)c4)c3c2)c(C)c1. The lowest BCUT2D eigenvalue weighted by Gasteiger charge is -2.14. The molecule has 5 nitrogen and oxygen atoms in total. The molecule has 0 saturated heterocycles. The van der Waals surface area contributed by atoms with Crippen LogP contribution in [0.1, 0.15) is 33.4 Å². The summed E-state index contributed by atoms with van der Waals surface area (Å²) < 4.78 is 4.78. The molecule has 0 N–H and O–H groups in total. The van der Waals surface area contributed by atoms with Gasteiger partial charge in [-0.2, -0.15) is 0 Å². The van der Waals surface area contributed by atoms with Crippen LogP contribution in [0.2, 0.25) is 0 Å². The smallest absolute Gasteiger partial charge is 0.164 e. The van der Waals surface area contributed by atoms with Crippen molar-refractivity contribution in [3.8, 4) is 67.8 Å². The van der Waals surface area contributed by atoms with Gasteiger partial charge < -0.3 is 9.13 Å². The minimum atomic E-state index is 0.610. The number of aryl methyl sites for hydroxylation is 6. The third-order valence-corrected chi connectivity index (χ3v) is 13.7. The number of para-hydroxylation sites is 2. The molecule has 0 unspecified atom stereocenters. The van der Waals surface area contributed by atoms with E-state index >= 15 is 0 Å². The summed E-state index contributed by atoms with van der Waals surface area (Å²) in [6.45, 7) is 13.2. The van der Waals surface area contributed by atoms with Gasteiger partial charge >= 0.3 is 0 Å². The van der Waals surface area contributed by atoms with Crippen LogP contribution in [0.4, 0.5) is 0 Å². The maximum Gasteiger partial charge on any atom is 0.164 e. The van der Waals surface area contributed by atoms with Crippen LogP contribution >= 0.6 is 0 Å². The van der Waals surface area contributed by atoms with Crippen LogP contribution in [-0.4, -0.2) is 24.1 Å². The molecule has 68 heavy (non-hydrogen) atoms. The molecule has 0 saturated carbocycles. The van der Waals surface area contributed by atoms with Gasteiger partial charge in [0.2, 0.25) is 0 Å². The Morgan fingerprint density at radius 2 is 0.647 bits per heavy atom. The monoisotopic (exact) mass is 875 g/mol. The number of benzene rings is 9. The van der Waals surface area contributed by atoms with E-state index in [-0.39, 0.29) is 0 Å². The highest BCUT2D eigenvalue weighted by atomic mass is 15.0. The fourth-order valence-corrected chi connectivity index (χ4v) is 11.0. The molecule has 9 aromatic carbocycles. The normalized spacial score (nSPS) is 11.7. The van der Waals surface area contributed by atoms with E-state index in [0.717, 1.165) is 50.1 Å². The summed E-state index contributed by atoms with van der Waals surface area (Å²) in [6, 6.07) is 67.8. The lowest BCUT2D eigenvalue weighted by molar-refractivity contribution is 1.07. The first-order valence-corrected chi connectivity index (χ1v) is 23.4. The zero-order chi connectivity index (χ0) is 46.2. The molecule has 0 radical (unpaired) electrons. The number of hydrogen-bond donors (Lipinski definition) is 0. The Labute approximate surface area is 396 Å². The summed E-state index contributed by atoms with van der Waals surface area (Å²) in [5.74, 6) is 1.84. The fraction of sp³-hybridized carbons (Fsp3) is 0.0952. The van der Waals surface area contributed by atoms with Gasteiger partial charge in [0.1, 0.15) is 0 Å². The molecule has 3 heterocycles. The van der Waals surface area contributed by atoms with Crippen LogP contribution in [0, 0.1) is 41.5 Å². The second kappa shape index (κ2) is 16.2. The van der Waals surface area contributed by atoms with Gasteiger partial charge in [-0.3, -0.25) is 0 Å². The summed E-state index contributed by atoms with van der Waals surface area (Å²) in [7, 11) is 0. The van der Waals surface area contributed by atoms with Crippen LogP contribution < -0.4 is 0 Å². The summed E-state index contributed by atoms with van der Waals surface area (Å²) in [6.07, 6.45) is 0. The Kier molecular flexibility index (Phi) is 9.77. The van der Waals surface area contributed by atoms with Crippen LogP contribution in [0.5, 0.6) is 0 Å². The molecule has 0 aliphatic heterocycles. The van der Waals surface area contributed by atoms with Crippen LogP contribution in [0.25, 0.3) is 111 Å². The molecular weight excluding hydrogens is 827 g/mol. The standard InChI is InChI=1S/C63H49N5/c1-38-30-40(3)59(41(4)31-38)45-26-28-53-51-22-10-12-24-55(51)67(57(53)36-45)49-20-14-18-47(34-49)62-64-61(44-16-8-7-9-17-44)65-63(66-62)48-19-15-21-50(35-48)68-56-25-13-11-23-52(56)54-29-27-46(37-58(54)68)60-42(5)32-39(2)33-43(60)6/h7-37H,1-6H3. The lowest BCUT2D eigenvalue weighted by Crippen LogP contribution is -2.02. The van der Waals surface area contributed by atoms with E-state index in [2.05, 4.69) is 221 Å². The molecule has 0 atom stereocenters. The van der Waals surface area contributed by atoms with Gasteiger partial charge in [0.05, 0.1) is 22.1 Å². The Morgan fingerprint density at radius 3 is 1.09 bits per heavy atom. The van der Waals surface area contributed by atoms with Crippen molar-refractivity contribution >= 4 is 43.6 Å². The first kappa shape index (κ1) is 41.1. The Hall–Kier alpha value is -8.41. The second-order valence-electron chi connectivity index (χ2n) is 18.5. The van der Waals surface area contributed by atoms with Gasteiger partial charge in [-0.05, 0) is 135 Å². The van der Waals surface area contributed by atoms with Gasteiger partial charge in [0.15, 0.2) is 17.5 Å². The third kappa shape index (κ3) is 6.89. The van der Waals surface area contributed by atoms with E-state index < -0.39 is 0 Å². The van der Waals surface area contributed by atoms with Gasteiger partial charge in [-0.25, -0.2) is 15.0 Å². The summed E-state index contributed by atoms with van der Waals surface area (Å²) in [5.41, 5.74) is 22.1. The van der Waals surface area contributed by atoms with Crippen molar-refractivity contribution in [2.45, 2.75) is 41.5 Å². The number of aromatic nitrogens is 5. The minimum absolute atomic E-state index is 0.610. The molecule has 5 heteroatoms. The number of fused-ring (bicyclic) bond motifs is 6. The molecule has 0 spiro atoms. The highest BCUT2D eigenvalue weighted by Gasteiger charge is 2.20. The average Bonchev–Trinajstić information content (AvgIpc) is 3.86. The van der Waals surface area contributed by atoms with E-state index in [1.165, 1.54) is 77.2 Å². The number of hydrogen-bond acceptors (Lipinski definition) is 3. The molecule has 12 rings (SSSR count). The maximum absolute atomic E-state index is 5.31. The predicted octanol–water partition coefficient (Wildman–Crippen LogP) is 16.3. The number of rotatable bonds is 7. The molecule has 3 aromatic heterocycles. The van der Waals surface area contributed by atoms with Crippen molar-refractivity contribution in [3.05, 3.63) is 221 Å². The van der Waals surface area contributed by atoms with Gasteiger partial charge in [0, 0.05) is 49.6 Å². The van der Waals surface area contributed by atoms with E-state index in [9.17, 15) is 0 Å². The van der Waals surface area contributed by atoms with E-state index in [1.54, 1.807) is 0 Å². The highest BCUT2D eigenvalue weighted by Crippen LogP contribution is 2.40. The van der Waals surface area contributed by atoms with Gasteiger partial charge in [0.25, 0.3) is 0 Å². The van der Waals surface area contributed by atoms with Crippen molar-refractivity contribution < 1.29 is 0 Å². The van der Waals surface area contributed by atoms with Crippen molar-refractivity contribution in [3.63, 3.8) is 0 Å². The number of nitrogens with zero attached hydrogens (tertiary/aromatic N) is 5. The van der Waals surface area contributed by atoms with E-state index in [0.29, 0.717) is 17.5 Å². The topological polar surface area (TPSA) is 48.5 Å². The molecule has 0 bridgehead atoms. The molecule has 12 aromatic rings. The minimum Gasteiger partial charge on any atom is -0.309 e. The highest BCUT2D eigenvalue weighted by molar-refractivity contribution is 6.11. The third-order valence-electron chi connectivity index (χ3n) is 13.7. The Bertz CT molecular complexity index is 3700. The maximum atomic E-state index is 5.31. The molecule has 0 fully saturated rings. The summed E-state index contributed by atoms with van der Waals surface area (Å²) in [5, 5.41) is 4.85. The second-order valence-corrected chi connectivity index (χ2v) is 18.5. The Morgan fingerprint density at radius 1 is 0.279 bits per heavy atom. The predicted molar refractivity (Wildman–Crippen MR) is 284 cm³/mol. The molecular formula is C63H49N5. The average molecular weight is 876 g/mol. The zero-order valence-corrected chi connectivity index (χ0v) is 39.1. The van der Waals surface area contributed by atoms with Gasteiger partial charge in [-0.1, -0.05) is 151 Å². The van der Waals surface area contributed by atoms with Crippen molar-refractivity contribution in [2.24, 2.45) is 0 Å². The van der Waals surface area contributed by atoms with Gasteiger partial charge in [-0.15, -0.1) is 0 Å². The van der Waals surface area contributed by atoms with Crippen molar-refractivity contribution in [2.75, 3.05) is 0 Å². The summed E-state index contributed by atoms with van der Waals surface area (Å²) in [4.78, 5) is 15.7. The zero-order valence-electron chi connectivity index (χ0n) is 39.1. The lowest BCUT2D eigenvalue weighted by atomic mass is 9.93. The van der Waals surface area contributed by atoms with Crippen molar-refractivity contribution in [1.82, 2.24) is 24.1 Å². The van der Waals surface area contributed by atoms with Crippen molar-refractivity contribution in [1.29, 1.82) is 0 Å². The largest absolute Gasteiger partial charge is 0.309 e. The molecule has 0 amide bonds. The quantitative estimate of drug-likeness (QED) is 0.160.